The van der Waals surface area contributed by atoms with Crippen molar-refractivity contribution in [3.05, 3.63) is 52.1 Å². The van der Waals surface area contributed by atoms with Gasteiger partial charge in [-0.2, -0.15) is 0 Å². The minimum absolute atomic E-state index is 0.116. The van der Waals surface area contributed by atoms with Gasteiger partial charge >= 0.3 is 0 Å². The number of hydrogen-bond acceptors (Lipinski definition) is 2. The van der Waals surface area contributed by atoms with E-state index in [0.29, 0.717) is 12.2 Å². The Hall–Kier alpha value is -2.24. The molecule has 0 saturated carbocycles. The first kappa shape index (κ1) is 16.6. The Bertz CT molecular complexity index is 772. The predicted molar refractivity (Wildman–Crippen MR) is 98.3 cm³/mol. The van der Waals surface area contributed by atoms with Crippen molar-refractivity contribution in [2.75, 3.05) is 6.61 Å². The smallest absolute Gasteiger partial charge is 0.116 e. The van der Waals surface area contributed by atoms with Crippen LogP contribution in [0.25, 0.3) is 11.1 Å². The molecular weight excluding hydrogens is 296 g/mol. The van der Waals surface area contributed by atoms with Crippen molar-refractivity contribution in [1.29, 1.82) is 0 Å². The van der Waals surface area contributed by atoms with Crippen LogP contribution in [-0.4, -0.2) is 16.8 Å². The zero-order valence-corrected chi connectivity index (χ0v) is 14.4. The first-order valence-electron chi connectivity index (χ1n) is 8.87. The monoisotopic (exact) mass is 320 g/mol. The van der Waals surface area contributed by atoms with Gasteiger partial charge in [-0.1, -0.05) is 25.7 Å². The van der Waals surface area contributed by atoms with Crippen molar-refractivity contribution >= 4 is 0 Å². The summed E-state index contributed by atoms with van der Waals surface area (Å²) in [5.41, 5.74) is 9.12. The Morgan fingerprint density at radius 2 is 1.29 bits per heavy atom. The lowest BCUT2D eigenvalue weighted by Gasteiger charge is -2.29. The van der Waals surface area contributed by atoms with Gasteiger partial charge in [0.05, 0.1) is 6.61 Å². The van der Waals surface area contributed by atoms with Crippen molar-refractivity contribution in [2.24, 2.45) is 0 Å². The summed E-state index contributed by atoms with van der Waals surface area (Å²) >= 11 is 0. The summed E-state index contributed by atoms with van der Waals surface area (Å²) < 4.78 is 0. The molecule has 2 aromatic carbocycles. The average molecular weight is 320 g/mol. The van der Waals surface area contributed by atoms with Crippen molar-refractivity contribution in [1.82, 2.24) is 0 Å². The Morgan fingerprint density at radius 3 is 1.75 bits per heavy atom. The Balaban J connectivity index is 0.000000815. The molecule has 0 heterocycles. The lowest BCUT2D eigenvalue weighted by Crippen LogP contribution is -2.14. The zero-order valence-electron chi connectivity index (χ0n) is 14.4. The number of aliphatic hydroxyl groups is 1. The van der Waals surface area contributed by atoms with Gasteiger partial charge in [0.1, 0.15) is 5.75 Å². The summed E-state index contributed by atoms with van der Waals surface area (Å²) in [5, 5.41) is 18.7. The summed E-state index contributed by atoms with van der Waals surface area (Å²) in [4.78, 5) is 0. The van der Waals surface area contributed by atoms with Crippen LogP contribution >= 0.6 is 0 Å². The molecule has 2 aromatic rings. The van der Waals surface area contributed by atoms with E-state index in [1.54, 1.807) is 0 Å². The van der Waals surface area contributed by atoms with Crippen LogP contribution in [0.5, 0.6) is 5.75 Å². The molecule has 0 bridgehead atoms. The third kappa shape index (κ3) is 2.92. The molecule has 0 aromatic heterocycles. The van der Waals surface area contributed by atoms with Gasteiger partial charge in [0.15, 0.2) is 0 Å². The molecule has 0 fully saturated rings. The van der Waals surface area contributed by atoms with Crippen LogP contribution in [-0.2, 0) is 25.7 Å². The highest BCUT2D eigenvalue weighted by atomic mass is 16.3. The second-order valence-electron chi connectivity index (χ2n) is 6.08. The van der Waals surface area contributed by atoms with Crippen LogP contribution in [0.15, 0.2) is 24.3 Å². The fourth-order valence-corrected chi connectivity index (χ4v) is 3.78. The molecular formula is C22H24O2. The standard InChI is InChI=1S/C20H18O2.C2H6/c21-8-2-1-3-13-9-14-4-6-16-11-18(22)12-17-7-5-15(10-13)19(14)20(16)17;1-2/h9-12,21-22H,2,4-8H2;1-2H3. The number of aliphatic hydroxyl groups excluding tert-OH is 1. The average Bonchev–Trinajstić information content (AvgIpc) is 2.61. The highest BCUT2D eigenvalue weighted by molar-refractivity contribution is 5.82. The predicted octanol–water partition coefficient (Wildman–Crippen LogP) is 4.02. The summed E-state index contributed by atoms with van der Waals surface area (Å²) in [5.74, 6) is 6.59. The van der Waals surface area contributed by atoms with Gasteiger partial charge in [-0.3, -0.25) is 0 Å². The number of phenolic OH excluding ortho intramolecular Hbond substituents is 1. The van der Waals surface area contributed by atoms with Crippen molar-refractivity contribution in [2.45, 2.75) is 46.0 Å². The quantitative estimate of drug-likeness (QED) is 0.779. The van der Waals surface area contributed by atoms with Crippen molar-refractivity contribution in [3.8, 4) is 28.7 Å². The first-order valence-corrected chi connectivity index (χ1v) is 8.87. The van der Waals surface area contributed by atoms with Crippen molar-refractivity contribution in [3.63, 3.8) is 0 Å². The van der Waals surface area contributed by atoms with E-state index in [1.807, 2.05) is 26.0 Å². The molecule has 2 nitrogen and oxygen atoms in total. The normalized spacial score (nSPS) is 13.1. The van der Waals surface area contributed by atoms with E-state index >= 15 is 0 Å². The third-order valence-electron chi connectivity index (χ3n) is 4.64. The molecule has 0 saturated heterocycles. The van der Waals surface area contributed by atoms with E-state index in [9.17, 15) is 5.11 Å². The van der Waals surface area contributed by atoms with Gasteiger partial charge in [-0.25, -0.2) is 0 Å². The van der Waals surface area contributed by atoms with Crippen LogP contribution in [0.4, 0.5) is 0 Å². The van der Waals surface area contributed by atoms with Gasteiger partial charge in [-0.05, 0) is 83.3 Å². The Kier molecular flexibility index (Phi) is 4.92. The molecule has 0 aliphatic heterocycles. The SMILES string of the molecule is CC.OCCC#Cc1cc2c3c(c1)CCc1cc(O)cc(c1-3)CC2. The van der Waals surface area contributed by atoms with Gasteiger partial charge in [-0.15, -0.1) is 0 Å². The molecule has 4 rings (SSSR count). The zero-order chi connectivity index (χ0) is 17.1. The maximum Gasteiger partial charge on any atom is 0.116 e. The lowest BCUT2D eigenvalue weighted by molar-refractivity contribution is 0.305. The Morgan fingerprint density at radius 1 is 0.833 bits per heavy atom. The summed E-state index contributed by atoms with van der Waals surface area (Å²) in [6.07, 6.45) is 4.51. The maximum absolute atomic E-state index is 9.89. The maximum atomic E-state index is 9.89. The molecule has 24 heavy (non-hydrogen) atoms. The molecule has 0 radical (unpaired) electrons. The van der Waals surface area contributed by atoms with E-state index in [0.717, 1.165) is 31.2 Å². The number of benzene rings is 2. The highest BCUT2D eigenvalue weighted by Crippen LogP contribution is 2.44. The van der Waals surface area contributed by atoms with E-state index in [-0.39, 0.29) is 6.61 Å². The first-order chi connectivity index (χ1) is 11.8. The van der Waals surface area contributed by atoms with E-state index in [1.165, 1.54) is 33.4 Å². The summed E-state index contributed by atoms with van der Waals surface area (Å²) in [7, 11) is 0. The second kappa shape index (κ2) is 7.11. The summed E-state index contributed by atoms with van der Waals surface area (Å²) in [6.45, 7) is 4.12. The lowest BCUT2D eigenvalue weighted by atomic mass is 9.75. The minimum Gasteiger partial charge on any atom is -0.508 e. The number of aromatic hydroxyl groups is 1. The molecule has 124 valence electrons. The van der Waals surface area contributed by atoms with Crippen LogP contribution in [0.1, 0.15) is 48.1 Å². The van der Waals surface area contributed by atoms with E-state index in [4.69, 9.17) is 5.11 Å². The highest BCUT2D eigenvalue weighted by Gasteiger charge is 2.26. The summed E-state index contributed by atoms with van der Waals surface area (Å²) in [6, 6.07) is 8.25. The van der Waals surface area contributed by atoms with Crippen LogP contribution < -0.4 is 0 Å². The van der Waals surface area contributed by atoms with Gasteiger partial charge in [0.2, 0.25) is 0 Å². The topological polar surface area (TPSA) is 40.5 Å². The molecule has 2 N–H and O–H groups in total. The number of aryl methyl sites for hydroxylation is 4. The second-order valence-corrected chi connectivity index (χ2v) is 6.08. The van der Waals surface area contributed by atoms with Gasteiger partial charge in [0.25, 0.3) is 0 Å². The molecule has 2 aliphatic carbocycles. The molecule has 0 spiro atoms. The molecule has 0 amide bonds. The minimum atomic E-state index is 0.116. The van der Waals surface area contributed by atoms with Crippen molar-refractivity contribution < 1.29 is 10.2 Å². The molecule has 0 unspecified atom stereocenters. The fourth-order valence-electron chi connectivity index (χ4n) is 3.78. The van der Waals surface area contributed by atoms with Crippen LogP contribution in [0.2, 0.25) is 0 Å². The van der Waals surface area contributed by atoms with Crippen LogP contribution in [0, 0.1) is 11.8 Å². The molecule has 0 atom stereocenters. The largest absolute Gasteiger partial charge is 0.508 e. The van der Waals surface area contributed by atoms with E-state index in [2.05, 4.69) is 24.0 Å². The van der Waals surface area contributed by atoms with Gasteiger partial charge in [0, 0.05) is 12.0 Å². The third-order valence-corrected chi connectivity index (χ3v) is 4.64. The van der Waals surface area contributed by atoms with Gasteiger partial charge < -0.3 is 10.2 Å². The van der Waals surface area contributed by atoms with E-state index < -0.39 is 0 Å². The fraction of sp³-hybridized carbons (Fsp3) is 0.364. The molecule has 2 aliphatic rings. The number of rotatable bonds is 1. The van der Waals surface area contributed by atoms with Crippen LogP contribution in [0.3, 0.4) is 0 Å². The Labute approximate surface area is 144 Å². The molecule has 2 heteroatoms. The number of phenols is 1. The number of hydrogen-bond donors (Lipinski definition) is 2.